The predicted octanol–water partition coefficient (Wildman–Crippen LogP) is 1.45. The number of ether oxygens (including phenoxy) is 1. The van der Waals surface area contributed by atoms with Gasteiger partial charge in [0.05, 0.1) is 6.61 Å². The summed E-state index contributed by atoms with van der Waals surface area (Å²) in [5, 5.41) is 0.185. The first-order chi connectivity index (χ1) is 9.10. The molecule has 1 aromatic heterocycles. The molecule has 0 radical (unpaired) electrons. The summed E-state index contributed by atoms with van der Waals surface area (Å²) in [4.78, 5) is 16.8. The molecule has 1 atom stereocenters. The topological polar surface area (TPSA) is 54.4 Å². The highest BCUT2D eigenvalue weighted by atomic mass is 35.5. The van der Waals surface area contributed by atoms with Crippen molar-refractivity contribution in [3.05, 3.63) is 5.28 Å². The van der Waals surface area contributed by atoms with Gasteiger partial charge in [-0.05, 0) is 38.5 Å². The standard InChI is InChI=1S/C12H20ClN5O/c1-4-7-19-12-15-10(13)14-11(16-12)18-6-5-9(8-18)17(2)3/h9H,4-8H2,1-3H3. The summed E-state index contributed by atoms with van der Waals surface area (Å²) in [6.07, 6.45) is 2.01. The highest BCUT2D eigenvalue weighted by molar-refractivity contribution is 6.28. The van der Waals surface area contributed by atoms with E-state index in [1.807, 2.05) is 6.92 Å². The van der Waals surface area contributed by atoms with Gasteiger partial charge in [-0.2, -0.15) is 15.0 Å². The van der Waals surface area contributed by atoms with Gasteiger partial charge in [-0.3, -0.25) is 0 Å². The second-order valence-electron chi connectivity index (χ2n) is 4.89. The first-order valence-corrected chi connectivity index (χ1v) is 6.93. The Morgan fingerprint density at radius 2 is 2.16 bits per heavy atom. The van der Waals surface area contributed by atoms with Gasteiger partial charge in [0.2, 0.25) is 11.2 Å². The first kappa shape index (κ1) is 14.3. The lowest BCUT2D eigenvalue weighted by Crippen LogP contribution is -2.32. The molecule has 0 bridgehead atoms. The molecule has 19 heavy (non-hydrogen) atoms. The quantitative estimate of drug-likeness (QED) is 0.816. The summed E-state index contributed by atoms with van der Waals surface area (Å²) < 4.78 is 5.43. The molecule has 7 heteroatoms. The lowest BCUT2D eigenvalue weighted by molar-refractivity contribution is 0.291. The highest BCUT2D eigenvalue weighted by Crippen LogP contribution is 2.21. The van der Waals surface area contributed by atoms with Crippen LogP contribution in [0.5, 0.6) is 6.01 Å². The summed E-state index contributed by atoms with van der Waals surface area (Å²) in [6, 6.07) is 0.834. The van der Waals surface area contributed by atoms with E-state index in [-0.39, 0.29) is 5.28 Å². The van der Waals surface area contributed by atoms with E-state index < -0.39 is 0 Å². The van der Waals surface area contributed by atoms with Crippen molar-refractivity contribution >= 4 is 17.5 Å². The largest absolute Gasteiger partial charge is 0.463 e. The van der Waals surface area contributed by atoms with Gasteiger partial charge in [-0.25, -0.2) is 0 Å². The SMILES string of the molecule is CCCOc1nc(Cl)nc(N2CCC(N(C)C)C2)n1. The molecular formula is C12H20ClN5O. The van der Waals surface area contributed by atoms with Crippen molar-refractivity contribution in [3.63, 3.8) is 0 Å². The maximum atomic E-state index is 5.93. The molecular weight excluding hydrogens is 266 g/mol. The zero-order valence-electron chi connectivity index (χ0n) is 11.6. The van der Waals surface area contributed by atoms with E-state index in [1.54, 1.807) is 0 Å². The lowest BCUT2D eigenvalue weighted by atomic mass is 10.2. The fourth-order valence-corrected chi connectivity index (χ4v) is 2.21. The summed E-state index contributed by atoms with van der Waals surface area (Å²) in [7, 11) is 4.18. The van der Waals surface area contributed by atoms with Crippen LogP contribution in [0, 0.1) is 0 Å². The van der Waals surface area contributed by atoms with Crippen LogP contribution in [0.15, 0.2) is 0 Å². The number of halogens is 1. The fraction of sp³-hybridized carbons (Fsp3) is 0.750. The number of likely N-dealkylation sites (N-methyl/N-ethyl adjacent to an activating group) is 1. The van der Waals surface area contributed by atoms with Gasteiger partial charge in [0, 0.05) is 19.1 Å². The number of rotatable bonds is 5. The number of hydrogen-bond donors (Lipinski definition) is 0. The molecule has 2 rings (SSSR count). The number of anilines is 1. The Morgan fingerprint density at radius 3 is 2.79 bits per heavy atom. The van der Waals surface area contributed by atoms with E-state index in [9.17, 15) is 0 Å². The Morgan fingerprint density at radius 1 is 1.37 bits per heavy atom. The Bertz CT molecular complexity index is 429. The third kappa shape index (κ3) is 3.67. The van der Waals surface area contributed by atoms with E-state index in [4.69, 9.17) is 16.3 Å². The molecule has 2 heterocycles. The van der Waals surface area contributed by atoms with E-state index in [2.05, 4.69) is 38.8 Å². The molecule has 1 aliphatic heterocycles. The van der Waals surface area contributed by atoms with Crippen LogP contribution >= 0.6 is 11.6 Å². The van der Waals surface area contributed by atoms with Crippen LogP contribution in [0.3, 0.4) is 0 Å². The second-order valence-corrected chi connectivity index (χ2v) is 5.23. The summed E-state index contributed by atoms with van der Waals surface area (Å²) in [5.74, 6) is 0.607. The van der Waals surface area contributed by atoms with Crippen molar-refractivity contribution in [2.24, 2.45) is 0 Å². The molecule has 106 valence electrons. The molecule has 1 unspecified atom stereocenters. The molecule has 0 N–H and O–H groups in total. The van der Waals surface area contributed by atoms with Gasteiger partial charge in [-0.1, -0.05) is 6.92 Å². The molecule has 6 nitrogen and oxygen atoms in total. The Kier molecular flexibility index (Phi) is 4.76. The van der Waals surface area contributed by atoms with Gasteiger partial charge in [0.15, 0.2) is 0 Å². The van der Waals surface area contributed by atoms with Gasteiger partial charge >= 0.3 is 6.01 Å². The number of hydrogen-bond acceptors (Lipinski definition) is 6. The summed E-state index contributed by atoms with van der Waals surface area (Å²) in [6.45, 7) is 4.45. The summed E-state index contributed by atoms with van der Waals surface area (Å²) >= 11 is 5.93. The van der Waals surface area contributed by atoms with E-state index in [0.29, 0.717) is 24.6 Å². The van der Waals surface area contributed by atoms with Crippen molar-refractivity contribution in [2.45, 2.75) is 25.8 Å². The molecule has 1 aromatic rings. The number of nitrogens with zero attached hydrogens (tertiary/aromatic N) is 5. The minimum Gasteiger partial charge on any atom is -0.463 e. The van der Waals surface area contributed by atoms with Crippen LogP contribution in [-0.2, 0) is 0 Å². The van der Waals surface area contributed by atoms with Crippen LogP contribution < -0.4 is 9.64 Å². The van der Waals surface area contributed by atoms with Crippen LogP contribution in [0.1, 0.15) is 19.8 Å². The van der Waals surface area contributed by atoms with Gasteiger partial charge < -0.3 is 14.5 Å². The number of aromatic nitrogens is 3. The lowest BCUT2D eigenvalue weighted by Gasteiger charge is -2.20. The van der Waals surface area contributed by atoms with Gasteiger partial charge in [-0.15, -0.1) is 0 Å². The van der Waals surface area contributed by atoms with Crippen molar-refractivity contribution < 1.29 is 4.74 Å². The van der Waals surface area contributed by atoms with Gasteiger partial charge in [0.1, 0.15) is 0 Å². The zero-order valence-corrected chi connectivity index (χ0v) is 12.4. The van der Waals surface area contributed by atoms with Crippen LogP contribution in [0.2, 0.25) is 5.28 Å². The zero-order chi connectivity index (χ0) is 13.8. The van der Waals surface area contributed by atoms with Crippen LogP contribution in [-0.4, -0.2) is 59.7 Å². The van der Waals surface area contributed by atoms with Crippen molar-refractivity contribution in [1.29, 1.82) is 0 Å². The van der Waals surface area contributed by atoms with Crippen molar-refractivity contribution in [2.75, 3.05) is 38.7 Å². The smallest absolute Gasteiger partial charge is 0.322 e. The Balaban J connectivity index is 2.09. The molecule has 0 aliphatic carbocycles. The minimum atomic E-state index is 0.185. The van der Waals surface area contributed by atoms with Crippen molar-refractivity contribution in [3.8, 4) is 6.01 Å². The molecule has 0 spiro atoms. The normalized spacial score (nSPS) is 19.2. The maximum Gasteiger partial charge on any atom is 0.322 e. The molecule has 0 amide bonds. The third-order valence-electron chi connectivity index (χ3n) is 3.19. The molecule has 1 aliphatic rings. The highest BCUT2D eigenvalue weighted by Gasteiger charge is 2.26. The third-order valence-corrected chi connectivity index (χ3v) is 3.36. The van der Waals surface area contributed by atoms with Crippen LogP contribution in [0.4, 0.5) is 5.95 Å². The Hall–Kier alpha value is -1.14. The minimum absolute atomic E-state index is 0.185. The fourth-order valence-electron chi connectivity index (χ4n) is 2.07. The predicted molar refractivity (Wildman–Crippen MR) is 74.9 cm³/mol. The summed E-state index contributed by atoms with van der Waals surface area (Å²) in [5.41, 5.74) is 0. The van der Waals surface area contributed by atoms with E-state index in [0.717, 1.165) is 25.9 Å². The average Bonchev–Trinajstić information content (AvgIpc) is 2.85. The monoisotopic (exact) mass is 285 g/mol. The first-order valence-electron chi connectivity index (χ1n) is 6.56. The molecule has 1 saturated heterocycles. The average molecular weight is 286 g/mol. The molecule has 1 fully saturated rings. The second kappa shape index (κ2) is 6.34. The Labute approximate surface area is 118 Å². The van der Waals surface area contributed by atoms with Gasteiger partial charge in [0.25, 0.3) is 0 Å². The molecule has 0 saturated carbocycles. The van der Waals surface area contributed by atoms with Crippen molar-refractivity contribution in [1.82, 2.24) is 19.9 Å². The van der Waals surface area contributed by atoms with E-state index >= 15 is 0 Å². The molecule has 0 aromatic carbocycles. The van der Waals surface area contributed by atoms with E-state index in [1.165, 1.54) is 0 Å². The van der Waals surface area contributed by atoms with Crippen LogP contribution in [0.25, 0.3) is 0 Å². The maximum absolute atomic E-state index is 5.93.